The van der Waals surface area contributed by atoms with Gasteiger partial charge in [0.2, 0.25) is 5.91 Å². The first-order chi connectivity index (χ1) is 15.3. The van der Waals surface area contributed by atoms with E-state index < -0.39 is 9.84 Å². The maximum Gasteiger partial charge on any atom is 0.263 e. The highest BCUT2D eigenvalue weighted by molar-refractivity contribution is 7.99. The van der Waals surface area contributed by atoms with E-state index in [9.17, 15) is 18.0 Å². The van der Waals surface area contributed by atoms with Crippen molar-refractivity contribution in [3.63, 3.8) is 0 Å². The van der Waals surface area contributed by atoms with E-state index in [-0.39, 0.29) is 34.8 Å². The van der Waals surface area contributed by atoms with Gasteiger partial charge in [-0.2, -0.15) is 0 Å². The minimum absolute atomic E-state index is 0.0372. The molecule has 0 radical (unpaired) electrons. The molecule has 10 heteroatoms. The summed E-state index contributed by atoms with van der Waals surface area (Å²) in [6, 6.07) is -0.261. The van der Waals surface area contributed by atoms with Crippen molar-refractivity contribution in [3.8, 4) is 0 Å². The maximum absolute atomic E-state index is 13.3. The van der Waals surface area contributed by atoms with Crippen LogP contribution >= 0.6 is 23.1 Å². The normalized spacial score (nSPS) is 19.7. The third kappa shape index (κ3) is 4.68. The Kier molecular flexibility index (Phi) is 7.11. The molecule has 174 valence electrons. The molecular weight excluding hydrogens is 466 g/mol. The van der Waals surface area contributed by atoms with Gasteiger partial charge < -0.3 is 4.90 Å². The van der Waals surface area contributed by atoms with Crippen LogP contribution in [-0.2, 0) is 34.0 Å². The Morgan fingerprint density at radius 3 is 2.84 bits per heavy atom. The third-order valence-electron chi connectivity index (χ3n) is 6.11. The van der Waals surface area contributed by atoms with Crippen LogP contribution in [0.15, 0.2) is 22.6 Å². The molecule has 0 spiro atoms. The molecule has 0 bridgehead atoms. The summed E-state index contributed by atoms with van der Waals surface area (Å²) in [7, 11) is -3.07. The molecule has 0 saturated carbocycles. The van der Waals surface area contributed by atoms with Crippen LogP contribution in [0.4, 0.5) is 0 Å². The van der Waals surface area contributed by atoms with Gasteiger partial charge in [-0.15, -0.1) is 17.9 Å². The number of carbonyl (C=O) groups excluding carboxylic acids is 1. The zero-order valence-corrected chi connectivity index (χ0v) is 20.8. The molecule has 0 N–H and O–H groups in total. The van der Waals surface area contributed by atoms with Gasteiger partial charge in [0, 0.05) is 24.0 Å². The highest BCUT2D eigenvalue weighted by Gasteiger charge is 2.34. The van der Waals surface area contributed by atoms with Crippen LogP contribution in [0.5, 0.6) is 0 Å². The first-order valence-corrected chi connectivity index (χ1v) is 14.8. The minimum atomic E-state index is -3.07. The molecule has 1 fully saturated rings. The van der Waals surface area contributed by atoms with Crippen molar-refractivity contribution in [3.05, 3.63) is 33.4 Å². The van der Waals surface area contributed by atoms with Crippen LogP contribution in [0.25, 0.3) is 10.2 Å². The molecule has 1 aliphatic heterocycles. The molecule has 2 aliphatic rings. The van der Waals surface area contributed by atoms with E-state index >= 15 is 0 Å². The van der Waals surface area contributed by atoms with Gasteiger partial charge in [-0.25, -0.2) is 13.4 Å². The number of rotatable bonds is 8. The predicted octanol–water partition coefficient (Wildman–Crippen LogP) is 3.04. The zero-order valence-electron chi connectivity index (χ0n) is 18.3. The topological polar surface area (TPSA) is 89.3 Å². The number of aromatic nitrogens is 2. The molecule has 0 aromatic carbocycles. The summed E-state index contributed by atoms with van der Waals surface area (Å²) in [5, 5.41) is 1.25. The average Bonchev–Trinajstić information content (AvgIpc) is 3.31. The molecule has 1 amide bonds. The Bertz CT molecular complexity index is 1200. The first-order valence-electron chi connectivity index (χ1n) is 11.1. The lowest BCUT2D eigenvalue weighted by atomic mass is 9.97. The molecule has 1 atom stereocenters. The van der Waals surface area contributed by atoms with Gasteiger partial charge in [0.05, 0.1) is 22.6 Å². The van der Waals surface area contributed by atoms with Crippen molar-refractivity contribution < 1.29 is 13.2 Å². The van der Waals surface area contributed by atoms with E-state index in [1.807, 2.05) is 6.92 Å². The van der Waals surface area contributed by atoms with Gasteiger partial charge in [-0.05, 0) is 44.1 Å². The van der Waals surface area contributed by atoms with Crippen LogP contribution in [0.3, 0.4) is 0 Å². The van der Waals surface area contributed by atoms with Crippen molar-refractivity contribution in [1.82, 2.24) is 14.5 Å². The monoisotopic (exact) mass is 495 g/mol. The van der Waals surface area contributed by atoms with E-state index in [0.717, 1.165) is 47.9 Å². The van der Waals surface area contributed by atoms with Gasteiger partial charge in [0.25, 0.3) is 5.56 Å². The van der Waals surface area contributed by atoms with Crippen LogP contribution < -0.4 is 5.56 Å². The van der Waals surface area contributed by atoms with Crippen molar-refractivity contribution in [1.29, 1.82) is 0 Å². The molecule has 1 aliphatic carbocycles. The predicted molar refractivity (Wildman–Crippen MR) is 131 cm³/mol. The van der Waals surface area contributed by atoms with Crippen molar-refractivity contribution in [2.75, 3.05) is 23.8 Å². The van der Waals surface area contributed by atoms with Gasteiger partial charge in [0.15, 0.2) is 15.0 Å². The highest BCUT2D eigenvalue weighted by Crippen LogP contribution is 2.34. The Morgan fingerprint density at radius 1 is 1.38 bits per heavy atom. The number of nitrogens with zero attached hydrogens (tertiary/aromatic N) is 3. The molecule has 2 aromatic rings. The van der Waals surface area contributed by atoms with Crippen LogP contribution in [0, 0.1) is 0 Å². The lowest BCUT2D eigenvalue weighted by molar-refractivity contribution is -0.130. The number of fused-ring (bicyclic) bond motifs is 3. The van der Waals surface area contributed by atoms with E-state index in [2.05, 4.69) is 6.58 Å². The van der Waals surface area contributed by atoms with Crippen molar-refractivity contribution in [2.24, 2.45) is 0 Å². The number of carbonyl (C=O) groups is 1. The van der Waals surface area contributed by atoms with E-state index in [0.29, 0.717) is 24.7 Å². The minimum Gasteiger partial charge on any atom is -0.338 e. The quantitative estimate of drug-likeness (QED) is 0.318. The van der Waals surface area contributed by atoms with Gasteiger partial charge in [-0.3, -0.25) is 14.2 Å². The van der Waals surface area contributed by atoms with Crippen LogP contribution in [-0.4, -0.2) is 58.6 Å². The summed E-state index contributed by atoms with van der Waals surface area (Å²) < 4.78 is 25.4. The number of sulfone groups is 1. The number of thiophene rings is 1. The van der Waals surface area contributed by atoms with Crippen LogP contribution in [0.2, 0.25) is 0 Å². The molecule has 3 heterocycles. The third-order valence-corrected chi connectivity index (χ3v) is 10.0. The van der Waals surface area contributed by atoms with Gasteiger partial charge in [-0.1, -0.05) is 24.8 Å². The fourth-order valence-electron chi connectivity index (χ4n) is 4.60. The Labute approximate surface area is 196 Å². The Balaban J connectivity index is 1.60. The SMILES string of the molecule is C=CCn1c(SCC(=O)N(CCC)C2CCS(=O)(=O)C2)nc2sc3c(c2c1=O)CCCC3. The molecule has 2 aromatic heterocycles. The number of allylic oxidation sites excluding steroid dienone is 1. The smallest absolute Gasteiger partial charge is 0.263 e. The fraction of sp³-hybridized carbons (Fsp3) is 0.591. The van der Waals surface area contributed by atoms with Crippen LogP contribution in [0.1, 0.15) is 43.0 Å². The second-order valence-corrected chi connectivity index (χ2v) is 12.7. The summed E-state index contributed by atoms with van der Waals surface area (Å²) >= 11 is 2.85. The molecular formula is C22H29N3O4S3. The fourth-order valence-corrected chi connectivity index (χ4v) is 8.53. The Hall–Kier alpha value is -1.65. The summed E-state index contributed by atoms with van der Waals surface area (Å²) in [4.78, 5) is 34.9. The molecule has 1 unspecified atom stereocenters. The van der Waals surface area contributed by atoms with Crippen molar-refractivity contribution in [2.45, 2.75) is 63.2 Å². The number of amides is 1. The lowest BCUT2D eigenvalue weighted by Gasteiger charge is -2.28. The standard InChI is InChI=1S/C22H29N3O4S3/c1-3-10-24(15-9-12-32(28,29)14-15)18(26)13-30-22-23-20-19(21(27)25(22)11-4-2)16-7-5-6-8-17(16)31-20/h4,15H,2-3,5-14H2,1H3. The summed E-state index contributed by atoms with van der Waals surface area (Å²) in [5.74, 6) is 0.189. The molecule has 7 nitrogen and oxygen atoms in total. The van der Waals surface area contributed by atoms with E-state index in [1.54, 1.807) is 26.9 Å². The average molecular weight is 496 g/mol. The van der Waals surface area contributed by atoms with Crippen molar-refractivity contribution >= 4 is 49.1 Å². The highest BCUT2D eigenvalue weighted by atomic mass is 32.2. The summed E-state index contributed by atoms with van der Waals surface area (Å²) in [5.41, 5.74) is 1.09. The summed E-state index contributed by atoms with van der Waals surface area (Å²) in [6.07, 6.45) is 7.07. The lowest BCUT2D eigenvalue weighted by Crippen LogP contribution is -2.42. The summed E-state index contributed by atoms with van der Waals surface area (Å²) in [6.45, 7) is 6.63. The van der Waals surface area contributed by atoms with E-state index in [1.165, 1.54) is 16.6 Å². The number of aryl methyl sites for hydroxylation is 2. The van der Waals surface area contributed by atoms with E-state index in [4.69, 9.17) is 4.98 Å². The maximum atomic E-state index is 13.3. The number of hydrogen-bond acceptors (Lipinski definition) is 7. The van der Waals surface area contributed by atoms with Gasteiger partial charge in [0.1, 0.15) is 4.83 Å². The molecule has 32 heavy (non-hydrogen) atoms. The second kappa shape index (κ2) is 9.69. The molecule has 4 rings (SSSR count). The largest absolute Gasteiger partial charge is 0.338 e. The zero-order chi connectivity index (χ0) is 22.9. The first kappa shape index (κ1) is 23.5. The second-order valence-electron chi connectivity index (χ2n) is 8.42. The Morgan fingerprint density at radius 2 is 2.16 bits per heavy atom. The number of thioether (sulfide) groups is 1. The number of hydrogen-bond donors (Lipinski definition) is 0. The van der Waals surface area contributed by atoms with Gasteiger partial charge >= 0.3 is 0 Å². The molecule has 1 saturated heterocycles.